The van der Waals surface area contributed by atoms with E-state index in [1.807, 2.05) is 4.90 Å². The number of piperazine rings is 1. The Morgan fingerprint density at radius 3 is 2.33 bits per heavy atom. The van der Waals surface area contributed by atoms with E-state index in [9.17, 15) is 27.6 Å². The average Bonchev–Trinajstić information content (AvgIpc) is 3.60. The lowest BCUT2D eigenvalue weighted by atomic mass is 9.96. The zero-order valence-corrected chi connectivity index (χ0v) is 25.3. The number of benzene rings is 1. The van der Waals surface area contributed by atoms with Crippen LogP contribution in [0, 0.1) is 5.92 Å². The van der Waals surface area contributed by atoms with E-state index in [1.54, 1.807) is 4.90 Å². The second kappa shape index (κ2) is 14.0. The lowest BCUT2D eigenvalue weighted by Gasteiger charge is -2.37. The summed E-state index contributed by atoms with van der Waals surface area (Å²) in [6.07, 6.45) is -0.801. The summed E-state index contributed by atoms with van der Waals surface area (Å²) in [5, 5.41) is 11.5. The fourth-order valence-corrected chi connectivity index (χ4v) is 5.41. The SMILES string of the molecule is Cl.Cl.Cn1c(-c2c[nH]nc2C(F)(F)F)cnc1C(=O)Nc1ccc(C(=O)N2CCN(C(=O)C3CCNCC3)CC2)c(Cl)c1. The molecule has 0 atom stereocenters. The molecule has 234 valence electrons. The van der Waals surface area contributed by atoms with E-state index < -0.39 is 17.8 Å². The molecule has 0 bridgehead atoms. The number of imidazole rings is 1. The third kappa shape index (κ3) is 7.25. The van der Waals surface area contributed by atoms with Crippen molar-refractivity contribution in [3.8, 4) is 11.3 Å². The lowest BCUT2D eigenvalue weighted by molar-refractivity contribution is -0.140. The van der Waals surface area contributed by atoms with E-state index in [0.29, 0.717) is 26.2 Å². The van der Waals surface area contributed by atoms with Gasteiger partial charge in [-0.15, -0.1) is 24.8 Å². The quantitative estimate of drug-likeness (QED) is 0.380. The predicted molar refractivity (Wildman–Crippen MR) is 158 cm³/mol. The summed E-state index contributed by atoms with van der Waals surface area (Å²) in [5.41, 5.74) is -0.782. The van der Waals surface area contributed by atoms with Crippen LogP contribution in [0.4, 0.5) is 18.9 Å². The number of carbonyl (C=O) groups is 3. The predicted octanol–water partition coefficient (Wildman–Crippen LogP) is 3.86. The summed E-state index contributed by atoms with van der Waals surface area (Å²) in [4.78, 5) is 46.3. The van der Waals surface area contributed by atoms with Crippen molar-refractivity contribution >= 4 is 59.8 Å². The van der Waals surface area contributed by atoms with Crippen LogP contribution in [-0.4, -0.2) is 86.5 Å². The first-order valence-corrected chi connectivity index (χ1v) is 13.4. The minimum Gasteiger partial charge on any atom is -0.339 e. The highest BCUT2D eigenvalue weighted by Gasteiger charge is 2.38. The highest BCUT2D eigenvalue weighted by atomic mass is 35.5. The molecule has 0 saturated carbocycles. The molecule has 2 aliphatic heterocycles. The van der Waals surface area contributed by atoms with E-state index >= 15 is 0 Å². The fourth-order valence-electron chi connectivity index (χ4n) is 5.15. The lowest BCUT2D eigenvalue weighted by Crippen LogP contribution is -2.52. The number of nitrogens with zero attached hydrogens (tertiary/aromatic N) is 5. The molecule has 2 fully saturated rings. The van der Waals surface area contributed by atoms with Gasteiger partial charge in [0.05, 0.1) is 28.0 Å². The van der Waals surface area contributed by atoms with Gasteiger partial charge in [0.1, 0.15) is 0 Å². The number of hydrogen-bond donors (Lipinski definition) is 3. The van der Waals surface area contributed by atoms with Crippen LogP contribution >= 0.6 is 36.4 Å². The molecule has 2 saturated heterocycles. The summed E-state index contributed by atoms with van der Waals surface area (Å²) in [6.45, 7) is 3.35. The smallest absolute Gasteiger partial charge is 0.339 e. The third-order valence-electron chi connectivity index (χ3n) is 7.40. The van der Waals surface area contributed by atoms with Crippen molar-refractivity contribution in [3.63, 3.8) is 0 Å². The Morgan fingerprint density at radius 1 is 1.05 bits per heavy atom. The van der Waals surface area contributed by atoms with Crippen LogP contribution in [0.1, 0.15) is 39.5 Å². The monoisotopic (exact) mass is 664 g/mol. The van der Waals surface area contributed by atoms with E-state index in [1.165, 1.54) is 29.8 Å². The van der Waals surface area contributed by atoms with E-state index in [4.69, 9.17) is 11.6 Å². The minimum absolute atomic E-state index is 0. The highest BCUT2D eigenvalue weighted by Crippen LogP contribution is 2.35. The summed E-state index contributed by atoms with van der Waals surface area (Å²) in [5.74, 6) is -0.933. The first-order chi connectivity index (χ1) is 19.5. The molecule has 3 amide bonds. The summed E-state index contributed by atoms with van der Waals surface area (Å²) >= 11 is 6.41. The molecule has 3 aromatic rings. The number of anilines is 1. The van der Waals surface area contributed by atoms with Gasteiger partial charge in [-0.25, -0.2) is 4.98 Å². The Morgan fingerprint density at radius 2 is 1.70 bits per heavy atom. The molecule has 2 aliphatic rings. The maximum absolute atomic E-state index is 13.3. The Hall–Kier alpha value is -3.33. The van der Waals surface area contributed by atoms with Crippen LogP contribution in [-0.2, 0) is 18.0 Å². The maximum Gasteiger partial charge on any atom is 0.435 e. The topological polar surface area (TPSA) is 128 Å². The number of rotatable bonds is 5. The number of halogens is 6. The van der Waals surface area contributed by atoms with Crippen LogP contribution < -0.4 is 10.6 Å². The number of aromatic amines is 1. The summed E-state index contributed by atoms with van der Waals surface area (Å²) < 4.78 is 41.0. The van der Waals surface area contributed by atoms with Gasteiger partial charge in [-0.2, -0.15) is 18.3 Å². The van der Waals surface area contributed by atoms with Crippen LogP contribution in [0.25, 0.3) is 11.3 Å². The number of piperidine rings is 1. The zero-order chi connectivity index (χ0) is 29.3. The fraction of sp³-hybridized carbons (Fsp3) is 0.423. The molecule has 2 aromatic heterocycles. The van der Waals surface area contributed by atoms with Gasteiger partial charge in [0, 0.05) is 51.0 Å². The van der Waals surface area contributed by atoms with Gasteiger partial charge in [0.15, 0.2) is 11.5 Å². The first kappa shape index (κ1) is 34.2. The van der Waals surface area contributed by atoms with Crippen LogP contribution in [0.15, 0.2) is 30.6 Å². The second-order valence-corrected chi connectivity index (χ2v) is 10.4. The Kier molecular flexibility index (Phi) is 11.1. The van der Waals surface area contributed by atoms with Gasteiger partial charge in [0.25, 0.3) is 11.8 Å². The first-order valence-electron chi connectivity index (χ1n) is 13.1. The molecule has 0 aliphatic carbocycles. The van der Waals surface area contributed by atoms with Crippen LogP contribution in [0.2, 0.25) is 5.02 Å². The highest BCUT2D eigenvalue weighted by molar-refractivity contribution is 6.34. The number of hydrogen-bond acceptors (Lipinski definition) is 6. The molecule has 43 heavy (non-hydrogen) atoms. The Balaban J connectivity index is 0.00000253. The summed E-state index contributed by atoms with van der Waals surface area (Å²) in [7, 11) is 1.42. The zero-order valence-electron chi connectivity index (χ0n) is 22.9. The standard InChI is InChI=1S/C26H28ClF3N8O3.2ClH/c1-36-20(18-13-33-35-21(18)26(28,29)30)14-32-22(36)23(39)34-16-2-3-17(19(27)12-16)25(41)38-10-8-37(9-11-38)24(40)15-4-6-31-7-5-15;;/h2-3,12-15,31H,4-11H2,1H3,(H,33,35)(H,34,39);2*1H. The second-order valence-electron chi connectivity index (χ2n) is 9.96. The van der Waals surface area contributed by atoms with Crippen molar-refractivity contribution < 1.29 is 27.6 Å². The molecule has 5 rings (SSSR count). The third-order valence-corrected chi connectivity index (χ3v) is 7.71. The molecule has 0 radical (unpaired) electrons. The van der Waals surface area contributed by atoms with Gasteiger partial charge in [-0.05, 0) is 44.1 Å². The number of aromatic nitrogens is 4. The Labute approximate surface area is 262 Å². The minimum atomic E-state index is -4.68. The average molecular weight is 666 g/mol. The van der Waals surface area contributed by atoms with Gasteiger partial charge in [0.2, 0.25) is 5.91 Å². The van der Waals surface area contributed by atoms with Crippen LogP contribution in [0.5, 0.6) is 0 Å². The molecular formula is C26H30Cl3F3N8O3. The van der Waals surface area contributed by atoms with Crippen molar-refractivity contribution in [3.05, 3.63) is 52.7 Å². The van der Waals surface area contributed by atoms with Crippen molar-refractivity contribution in [2.75, 3.05) is 44.6 Å². The summed E-state index contributed by atoms with van der Waals surface area (Å²) in [6, 6.07) is 4.43. The van der Waals surface area contributed by atoms with Crippen molar-refractivity contribution in [1.29, 1.82) is 0 Å². The van der Waals surface area contributed by atoms with Gasteiger partial charge in [-0.3, -0.25) is 19.5 Å². The maximum atomic E-state index is 13.3. The molecule has 4 heterocycles. The number of nitrogens with one attached hydrogen (secondary N) is 3. The molecule has 11 nitrogen and oxygen atoms in total. The van der Waals surface area contributed by atoms with Crippen molar-refractivity contribution in [2.45, 2.75) is 19.0 Å². The van der Waals surface area contributed by atoms with Crippen LogP contribution in [0.3, 0.4) is 0 Å². The van der Waals surface area contributed by atoms with Gasteiger partial charge >= 0.3 is 6.18 Å². The molecular weight excluding hydrogens is 636 g/mol. The number of carbonyl (C=O) groups excluding carboxylic acids is 3. The Bertz CT molecular complexity index is 1470. The molecule has 0 spiro atoms. The molecule has 1 aromatic carbocycles. The molecule has 17 heteroatoms. The van der Waals surface area contributed by atoms with E-state index in [-0.39, 0.29) is 75.9 Å². The molecule has 0 unspecified atom stereocenters. The van der Waals surface area contributed by atoms with Crippen molar-refractivity contribution in [2.24, 2.45) is 13.0 Å². The largest absolute Gasteiger partial charge is 0.435 e. The number of amides is 3. The van der Waals surface area contributed by atoms with E-state index in [0.717, 1.165) is 38.3 Å². The van der Waals surface area contributed by atoms with Gasteiger partial charge < -0.3 is 25.0 Å². The van der Waals surface area contributed by atoms with Gasteiger partial charge in [-0.1, -0.05) is 11.6 Å². The molecule has 3 N–H and O–H groups in total. The number of H-pyrrole nitrogens is 1. The van der Waals surface area contributed by atoms with Crippen molar-refractivity contribution in [1.82, 2.24) is 34.9 Å². The normalized spacial score (nSPS) is 15.8. The number of alkyl halides is 3. The van der Waals surface area contributed by atoms with E-state index in [2.05, 4.69) is 25.8 Å².